The summed E-state index contributed by atoms with van der Waals surface area (Å²) in [7, 11) is 4.19. The third-order valence-electron chi connectivity index (χ3n) is 3.77. The van der Waals surface area contributed by atoms with Crippen LogP contribution in [-0.2, 0) is 6.42 Å². The Labute approximate surface area is 119 Å². The molecule has 1 heterocycles. The van der Waals surface area contributed by atoms with Crippen LogP contribution in [0, 0.1) is 0 Å². The number of fused-ring (bicyclic) bond motifs is 1. The molecule has 19 heavy (non-hydrogen) atoms. The molecule has 0 spiro atoms. The lowest BCUT2D eigenvalue weighted by Gasteiger charge is -2.27. The van der Waals surface area contributed by atoms with Crippen molar-refractivity contribution >= 4 is 22.7 Å². The molecule has 1 N–H and O–H groups in total. The van der Waals surface area contributed by atoms with E-state index < -0.39 is 0 Å². The van der Waals surface area contributed by atoms with Gasteiger partial charge in [0.2, 0.25) is 0 Å². The summed E-state index contributed by atoms with van der Waals surface area (Å²) in [5.41, 5.74) is 3.99. The smallest absolute Gasteiger partial charge is 0.0596 e. The molecule has 3 rings (SSSR count). The Hall–Kier alpha value is -1.48. The van der Waals surface area contributed by atoms with Gasteiger partial charge in [0.05, 0.1) is 17.4 Å². The number of anilines is 2. The van der Waals surface area contributed by atoms with Gasteiger partial charge in [-0.25, -0.2) is 0 Å². The lowest BCUT2D eigenvalue weighted by atomic mass is 9.94. The van der Waals surface area contributed by atoms with Crippen LogP contribution in [0.15, 0.2) is 35.7 Å². The van der Waals surface area contributed by atoms with Gasteiger partial charge in [-0.15, -0.1) is 11.3 Å². The third-order valence-corrected chi connectivity index (χ3v) is 4.76. The molecule has 2 nitrogen and oxygen atoms in total. The Kier molecular flexibility index (Phi) is 3.47. The molecule has 1 aromatic carbocycles. The second-order valence-electron chi connectivity index (χ2n) is 5.30. The number of thiophene rings is 1. The summed E-state index contributed by atoms with van der Waals surface area (Å²) in [4.78, 5) is 3.73. The molecule has 0 amide bonds. The highest BCUT2D eigenvalue weighted by Crippen LogP contribution is 2.37. The van der Waals surface area contributed by atoms with Crippen molar-refractivity contribution in [1.29, 1.82) is 0 Å². The van der Waals surface area contributed by atoms with Crippen LogP contribution in [0.1, 0.15) is 29.3 Å². The fraction of sp³-hybridized carbons (Fsp3) is 0.375. The van der Waals surface area contributed by atoms with Crippen LogP contribution in [0.25, 0.3) is 0 Å². The maximum absolute atomic E-state index is 3.74. The zero-order valence-corrected chi connectivity index (χ0v) is 12.3. The van der Waals surface area contributed by atoms with Gasteiger partial charge in [-0.1, -0.05) is 12.1 Å². The first kappa shape index (κ1) is 12.5. The molecular formula is C16H20N2S. The van der Waals surface area contributed by atoms with Crippen molar-refractivity contribution in [2.45, 2.75) is 25.3 Å². The third kappa shape index (κ3) is 2.47. The molecule has 2 aromatic rings. The number of aryl methyl sites for hydroxylation is 1. The van der Waals surface area contributed by atoms with Crippen molar-refractivity contribution in [3.05, 3.63) is 46.2 Å². The van der Waals surface area contributed by atoms with Gasteiger partial charge in [0, 0.05) is 19.0 Å². The second-order valence-corrected chi connectivity index (χ2v) is 6.30. The van der Waals surface area contributed by atoms with Crippen molar-refractivity contribution in [2.24, 2.45) is 0 Å². The molecule has 1 aliphatic carbocycles. The van der Waals surface area contributed by atoms with Crippen LogP contribution >= 0.6 is 11.3 Å². The molecule has 3 heteroatoms. The fourth-order valence-electron chi connectivity index (χ4n) is 2.81. The Morgan fingerprint density at radius 3 is 2.89 bits per heavy atom. The maximum Gasteiger partial charge on any atom is 0.0596 e. The quantitative estimate of drug-likeness (QED) is 0.896. The summed E-state index contributed by atoms with van der Waals surface area (Å²) in [6.07, 6.45) is 3.77. The van der Waals surface area contributed by atoms with Gasteiger partial charge in [-0.05, 0) is 48.4 Å². The van der Waals surface area contributed by atoms with E-state index >= 15 is 0 Å². The normalized spacial score (nSPS) is 17.9. The minimum Gasteiger partial charge on any atom is -0.377 e. The molecule has 0 bridgehead atoms. The average Bonchev–Trinajstić information content (AvgIpc) is 2.88. The summed E-state index contributed by atoms with van der Waals surface area (Å²) in [6.45, 7) is 0. The van der Waals surface area contributed by atoms with E-state index in [0.29, 0.717) is 6.04 Å². The van der Waals surface area contributed by atoms with Crippen LogP contribution in [0.2, 0.25) is 0 Å². The standard InChI is InChI=1S/C16H20N2S/c1-18(2)15-8-4-3-6-14(15)17-13-7-5-9-16-12(13)10-11-19-16/h3-4,6,8,10-11,13,17H,5,7,9H2,1-2H3. The zero-order valence-electron chi connectivity index (χ0n) is 11.5. The first-order valence-electron chi connectivity index (χ1n) is 6.85. The van der Waals surface area contributed by atoms with Crippen molar-refractivity contribution in [3.63, 3.8) is 0 Å². The zero-order chi connectivity index (χ0) is 13.2. The van der Waals surface area contributed by atoms with Crippen LogP contribution in [0.3, 0.4) is 0 Å². The van der Waals surface area contributed by atoms with Crippen molar-refractivity contribution in [1.82, 2.24) is 0 Å². The monoisotopic (exact) mass is 272 g/mol. The molecule has 0 fully saturated rings. The van der Waals surface area contributed by atoms with Gasteiger partial charge in [0.1, 0.15) is 0 Å². The minimum absolute atomic E-state index is 0.469. The van der Waals surface area contributed by atoms with E-state index in [9.17, 15) is 0 Å². The van der Waals surface area contributed by atoms with Crippen LogP contribution in [-0.4, -0.2) is 14.1 Å². The first-order chi connectivity index (χ1) is 9.25. The number of para-hydroxylation sites is 2. The highest BCUT2D eigenvalue weighted by molar-refractivity contribution is 7.10. The lowest BCUT2D eigenvalue weighted by molar-refractivity contribution is 0.609. The van der Waals surface area contributed by atoms with Crippen molar-refractivity contribution in [2.75, 3.05) is 24.3 Å². The van der Waals surface area contributed by atoms with E-state index in [1.54, 1.807) is 4.88 Å². The Balaban J connectivity index is 1.88. The van der Waals surface area contributed by atoms with E-state index in [1.165, 1.54) is 36.2 Å². The van der Waals surface area contributed by atoms with Gasteiger partial charge >= 0.3 is 0 Å². The van der Waals surface area contributed by atoms with Crippen molar-refractivity contribution < 1.29 is 0 Å². The fourth-order valence-corrected chi connectivity index (χ4v) is 3.80. The van der Waals surface area contributed by atoms with Gasteiger partial charge in [0.25, 0.3) is 0 Å². The molecule has 1 unspecified atom stereocenters. The number of hydrogen-bond donors (Lipinski definition) is 1. The molecule has 0 aliphatic heterocycles. The molecule has 100 valence electrons. The molecule has 1 aliphatic rings. The highest BCUT2D eigenvalue weighted by Gasteiger charge is 2.21. The number of hydrogen-bond acceptors (Lipinski definition) is 3. The second kappa shape index (κ2) is 5.25. The van der Waals surface area contributed by atoms with Crippen LogP contribution in [0.5, 0.6) is 0 Å². The van der Waals surface area contributed by atoms with E-state index in [2.05, 4.69) is 60.0 Å². The summed E-state index contributed by atoms with van der Waals surface area (Å²) in [5.74, 6) is 0. The molecule has 1 atom stereocenters. The molecule has 0 saturated heterocycles. The SMILES string of the molecule is CN(C)c1ccccc1NC1CCCc2sccc21. The summed E-state index contributed by atoms with van der Waals surface area (Å²) < 4.78 is 0. The Morgan fingerprint density at radius 1 is 1.21 bits per heavy atom. The van der Waals surface area contributed by atoms with E-state index in [4.69, 9.17) is 0 Å². The van der Waals surface area contributed by atoms with Crippen LogP contribution in [0.4, 0.5) is 11.4 Å². The largest absolute Gasteiger partial charge is 0.377 e. The predicted molar refractivity (Wildman–Crippen MR) is 84.4 cm³/mol. The first-order valence-corrected chi connectivity index (χ1v) is 7.73. The van der Waals surface area contributed by atoms with E-state index in [1.807, 2.05) is 11.3 Å². The molecular weight excluding hydrogens is 252 g/mol. The number of benzene rings is 1. The Bertz CT molecular complexity index is 559. The van der Waals surface area contributed by atoms with Crippen LogP contribution < -0.4 is 10.2 Å². The van der Waals surface area contributed by atoms with E-state index in [0.717, 1.165) is 0 Å². The van der Waals surface area contributed by atoms with Gasteiger partial charge < -0.3 is 10.2 Å². The summed E-state index contributed by atoms with van der Waals surface area (Å²) in [5, 5.41) is 5.96. The molecule has 0 radical (unpaired) electrons. The minimum atomic E-state index is 0.469. The highest BCUT2D eigenvalue weighted by atomic mass is 32.1. The Morgan fingerprint density at radius 2 is 2.05 bits per heavy atom. The summed E-state index contributed by atoms with van der Waals surface area (Å²) >= 11 is 1.90. The number of rotatable bonds is 3. The van der Waals surface area contributed by atoms with Crippen molar-refractivity contribution in [3.8, 4) is 0 Å². The van der Waals surface area contributed by atoms with Gasteiger partial charge in [-0.2, -0.15) is 0 Å². The van der Waals surface area contributed by atoms with E-state index in [-0.39, 0.29) is 0 Å². The van der Waals surface area contributed by atoms with Gasteiger partial charge in [-0.3, -0.25) is 0 Å². The molecule has 1 aromatic heterocycles. The lowest BCUT2D eigenvalue weighted by Crippen LogP contribution is -2.18. The topological polar surface area (TPSA) is 15.3 Å². The molecule has 0 saturated carbocycles. The maximum atomic E-state index is 3.74. The predicted octanol–water partition coefficient (Wildman–Crippen LogP) is 4.30. The average molecular weight is 272 g/mol. The van der Waals surface area contributed by atoms with Gasteiger partial charge in [0.15, 0.2) is 0 Å². The summed E-state index contributed by atoms with van der Waals surface area (Å²) in [6, 6.07) is 11.3. The number of nitrogens with one attached hydrogen (secondary N) is 1. The number of nitrogens with zero attached hydrogens (tertiary/aromatic N) is 1.